The van der Waals surface area contributed by atoms with E-state index in [1.54, 1.807) is 0 Å². The van der Waals surface area contributed by atoms with Crippen LogP contribution in [0.3, 0.4) is 0 Å². The van der Waals surface area contributed by atoms with Crippen molar-refractivity contribution in [3.05, 3.63) is 68.8 Å². The summed E-state index contributed by atoms with van der Waals surface area (Å²) in [6.07, 6.45) is 1.10. The fourth-order valence-corrected chi connectivity index (χ4v) is 4.47. The Balaban J connectivity index is 1.90. The van der Waals surface area contributed by atoms with Crippen LogP contribution in [0.4, 0.5) is 0 Å². The molecule has 1 spiro atoms. The van der Waals surface area contributed by atoms with Gasteiger partial charge in [-0.25, -0.2) is 0 Å². The molecule has 0 saturated carbocycles. The first-order valence-corrected chi connectivity index (χ1v) is 8.14. The fraction of sp³-hybridized carbons (Fsp3) is 0.333. The first-order valence-electron chi connectivity index (χ1n) is 8.14. The van der Waals surface area contributed by atoms with Gasteiger partial charge in [-0.05, 0) is 68.4 Å². The van der Waals surface area contributed by atoms with Crippen LogP contribution < -0.4 is 0 Å². The maximum absolute atomic E-state index is 13.2. The zero-order valence-corrected chi connectivity index (χ0v) is 14.0. The number of Topliss-reactive ketones (excluding diaryl/α,β-unsaturated/α-hetero) is 2. The first kappa shape index (κ1) is 14.4. The van der Waals surface area contributed by atoms with Gasteiger partial charge in [-0.3, -0.25) is 9.59 Å². The van der Waals surface area contributed by atoms with Crippen LogP contribution in [-0.2, 0) is 12.8 Å². The molecule has 1 atom stereocenters. The fourth-order valence-electron chi connectivity index (χ4n) is 4.47. The molecular formula is C21H20O2. The van der Waals surface area contributed by atoms with Crippen molar-refractivity contribution in [3.63, 3.8) is 0 Å². The molecule has 2 aromatic carbocycles. The number of fused-ring (bicyclic) bond motifs is 2. The molecule has 1 unspecified atom stereocenters. The topological polar surface area (TPSA) is 34.1 Å². The zero-order valence-electron chi connectivity index (χ0n) is 14.0. The third kappa shape index (κ3) is 1.69. The van der Waals surface area contributed by atoms with Gasteiger partial charge in [-0.15, -0.1) is 0 Å². The number of carbonyl (C=O) groups is 2. The van der Waals surface area contributed by atoms with E-state index in [0.717, 1.165) is 44.5 Å². The van der Waals surface area contributed by atoms with Crippen molar-refractivity contribution >= 4 is 11.6 Å². The minimum absolute atomic E-state index is 0.0308. The highest BCUT2D eigenvalue weighted by Crippen LogP contribution is 2.48. The van der Waals surface area contributed by atoms with Crippen LogP contribution in [0.5, 0.6) is 0 Å². The summed E-state index contributed by atoms with van der Waals surface area (Å²) in [6, 6.07) is 8.20. The number of hydrogen-bond acceptors (Lipinski definition) is 2. The van der Waals surface area contributed by atoms with Gasteiger partial charge in [0, 0.05) is 11.1 Å². The molecule has 116 valence electrons. The summed E-state index contributed by atoms with van der Waals surface area (Å²) in [7, 11) is 0. The summed E-state index contributed by atoms with van der Waals surface area (Å²) in [4.78, 5) is 26.5. The minimum atomic E-state index is -0.887. The van der Waals surface area contributed by atoms with Crippen molar-refractivity contribution in [2.75, 3.05) is 0 Å². The lowest BCUT2D eigenvalue weighted by Crippen LogP contribution is -2.35. The molecule has 0 saturated heterocycles. The molecule has 2 aliphatic carbocycles. The van der Waals surface area contributed by atoms with Crippen molar-refractivity contribution in [2.45, 2.75) is 40.5 Å². The monoisotopic (exact) mass is 304 g/mol. The molecule has 0 amide bonds. The molecule has 2 aliphatic rings. The van der Waals surface area contributed by atoms with E-state index < -0.39 is 5.41 Å². The molecule has 0 fully saturated rings. The van der Waals surface area contributed by atoms with Gasteiger partial charge in [-0.1, -0.05) is 29.8 Å². The molecular weight excluding hydrogens is 284 g/mol. The zero-order chi connectivity index (χ0) is 16.5. The Labute approximate surface area is 136 Å². The predicted octanol–water partition coefficient (Wildman–Crippen LogP) is 4.08. The summed E-state index contributed by atoms with van der Waals surface area (Å²) < 4.78 is 0. The Morgan fingerprint density at radius 1 is 0.783 bits per heavy atom. The Morgan fingerprint density at radius 3 is 2.17 bits per heavy atom. The second-order valence-corrected chi connectivity index (χ2v) is 7.25. The van der Waals surface area contributed by atoms with E-state index >= 15 is 0 Å². The lowest BCUT2D eigenvalue weighted by molar-refractivity contribution is 0.0705. The summed E-state index contributed by atoms with van der Waals surface area (Å²) in [6.45, 7) is 8.03. The molecule has 0 N–H and O–H groups in total. The standard InChI is InChI=1S/C21H20O2/c1-11-7-13(3)17-16(8-11)10-21(19(17)22)9-15-6-5-12(2)14(4)18(15)20(21)23/h5-8H,9-10H2,1-4H3. The third-order valence-corrected chi connectivity index (χ3v) is 5.69. The van der Waals surface area contributed by atoms with E-state index in [1.807, 2.05) is 39.8 Å². The minimum Gasteiger partial charge on any atom is -0.293 e. The van der Waals surface area contributed by atoms with E-state index in [1.165, 1.54) is 0 Å². The molecule has 23 heavy (non-hydrogen) atoms. The maximum Gasteiger partial charge on any atom is 0.177 e. The predicted molar refractivity (Wildman–Crippen MR) is 90.3 cm³/mol. The van der Waals surface area contributed by atoms with Crippen molar-refractivity contribution in [2.24, 2.45) is 5.41 Å². The molecule has 0 heterocycles. The number of benzene rings is 2. The van der Waals surface area contributed by atoms with Gasteiger partial charge in [0.15, 0.2) is 11.6 Å². The normalized spacial score (nSPS) is 21.9. The molecule has 2 nitrogen and oxygen atoms in total. The van der Waals surface area contributed by atoms with Gasteiger partial charge in [0.25, 0.3) is 0 Å². The highest BCUT2D eigenvalue weighted by molar-refractivity contribution is 6.25. The number of hydrogen-bond donors (Lipinski definition) is 0. The highest BCUT2D eigenvalue weighted by Gasteiger charge is 2.56. The van der Waals surface area contributed by atoms with Gasteiger partial charge in [0.05, 0.1) is 0 Å². The van der Waals surface area contributed by atoms with E-state index in [2.05, 4.69) is 12.1 Å². The summed E-state index contributed by atoms with van der Waals surface area (Å²) in [5, 5.41) is 0. The van der Waals surface area contributed by atoms with E-state index in [-0.39, 0.29) is 11.6 Å². The van der Waals surface area contributed by atoms with Gasteiger partial charge in [0.2, 0.25) is 0 Å². The molecule has 0 aliphatic heterocycles. The highest BCUT2D eigenvalue weighted by atomic mass is 16.2. The van der Waals surface area contributed by atoms with Gasteiger partial charge < -0.3 is 0 Å². The Hall–Kier alpha value is -2.22. The Bertz CT molecular complexity index is 905. The SMILES string of the molecule is Cc1cc(C)c2c(c1)CC1(Cc3ccc(C)c(C)c3C1=O)C2=O. The molecule has 0 aromatic heterocycles. The number of ketones is 2. The van der Waals surface area contributed by atoms with Crippen molar-refractivity contribution in [1.82, 2.24) is 0 Å². The first-order chi connectivity index (χ1) is 10.8. The lowest BCUT2D eigenvalue weighted by atomic mass is 9.79. The van der Waals surface area contributed by atoms with Crippen LogP contribution >= 0.6 is 0 Å². The number of aryl methyl sites for hydroxylation is 3. The molecule has 0 radical (unpaired) electrons. The van der Waals surface area contributed by atoms with Crippen LogP contribution in [0.2, 0.25) is 0 Å². The average Bonchev–Trinajstić information content (AvgIpc) is 2.91. The van der Waals surface area contributed by atoms with Gasteiger partial charge >= 0.3 is 0 Å². The quantitative estimate of drug-likeness (QED) is 0.687. The molecule has 2 heteroatoms. The smallest absolute Gasteiger partial charge is 0.177 e. The van der Waals surface area contributed by atoms with Gasteiger partial charge in [0.1, 0.15) is 5.41 Å². The maximum atomic E-state index is 13.2. The van der Waals surface area contributed by atoms with Crippen LogP contribution in [-0.4, -0.2) is 11.6 Å². The van der Waals surface area contributed by atoms with Crippen molar-refractivity contribution in [1.29, 1.82) is 0 Å². The largest absolute Gasteiger partial charge is 0.293 e. The third-order valence-electron chi connectivity index (χ3n) is 5.69. The van der Waals surface area contributed by atoms with E-state index in [4.69, 9.17) is 0 Å². The summed E-state index contributed by atoms with van der Waals surface area (Å²) in [5.41, 5.74) is 7.06. The van der Waals surface area contributed by atoms with E-state index in [9.17, 15) is 9.59 Å². The number of rotatable bonds is 0. The average molecular weight is 304 g/mol. The second-order valence-electron chi connectivity index (χ2n) is 7.25. The lowest BCUT2D eigenvalue weighted by Gasteiger charge is -2.18. The summed E-state index contributed by atoms with van der Waals surface area (Å²) >= 11 is 0. The van der Waals surface area contributed by atoms with Crippen LogP contribution in [0, 0.1) is 33.1 Å². The Kier molecular flexibility index (Phi) is 2.76. The summed E-state index contributed by atoms with van der Waals surface area (Å²) in [5.74, 6) is 0.0650. The van der Waals surface area contributed by atoms with Crippen LogP contribution in [0.25, 0.3) is 0 Å². The Morgan fingerprint density at radius 2 is 1.43 bits per heavy atom. The van der Waals surface area contributed by atoms with Gasteiger partial charge in [-0.2, -0.15) is 0 Å². The molecule has 0 bridgehead atoms. The molecule has 2 aromatic rings. The second kappa shape index (κ2) is 4.41. The van der Waals surface area contributed by atoms with Crippen LogP contribution in [0.15, 0.2) is 24.3 Å². The van der Waals surface area contributed by atoms with Crippen molar-refractivity contribution < 1.29 is 9.59 Å². The van der Waals surface area contributed by atoms with Crippen LogP contribution in [0.1, 0.15) is 54.1 Å². The van der Waals surface area contributed by atoms with Crippen molar-refractivity contribution in [3.8, 4) is 0 Å². The molecule has 4 rings (SSSR count). The number of carbonyl (C=O) groups excluding carboxylic acids is 2. The van der Waals surface area contributed by atoms with E-state index in [0.29, 0.717) is 12.8 Å².